The zero-order valence-corrected chi connectivity index (χ0v) is 13.5. The third kappa shape index (κ3) is 2.20. The van der Waals surface area contributed by atoms with E-state index in [4.69, 9.17) is 17.6 Å². The van der Waals surface area contributed by atoms with Gasteiger partial charge in [0.1, 0.15) is 5.69 Å². The third-order valence-corrected chi connectivity index (χ3v) is 4.81. The second kappa shape index (κ2) is 5.63. The van der Waals surface area contributed by atoms with E-state index < -0.39 is 11.4 Å². The number of hydrogen-bond acceptors (Lipinski definition) is 6. The maximum atomic E-state index is 11.7. The Morgan fingerprint density at radius 1 is 1.54 bits per heavy atom. The number of rotatable bonds is 4. The van der Waals surface area contributed by atoms with Crippen LogP contribution in [-0.4, -0.2) is 42.1 Å². The average Bonchev–Trinajstić information content (AvgIpc) is 3.24. The minimum atomic E-state index is -0.598. The Bertz CT molecular complexity index is 1090. The number of fused-ring (bicyclic) bond motifs is 1. The number of nitrogens with one attached hydrogen (secondary N) is 1. The van der Waals surface area contributed by atoms with Crippen molar-refractivity contribution in [2.45, 2.75) is 30.8 Å². The Morgan fingerprint density at radius 2 is 2.35 bits per heavy atom. The van der Waals surface area contributed by atoms with E-state index in [2.05, 4.69) is 36.4 Å². The lowest BCUT2D eigenvalue weighted by Crippen LogP contribution is -2.48. The fourth-order valence-corrected chi connectivity index (χ4v) is 3.46. The maximum absolute atomic E-state index is 11.7. The molecular weight excluding hydrogens is 334 g/mol. The molecule has 0 atom stereocenters. The van der Waals surface area contributed by atoms with Crippen molar-refractivity contribution in [3.05, 3.63) is 35.6 Å². The summed E-state index contributed by atoms with van der Waals surface area (Å²) in [7, 11) is 0. The van der Waals surface area contributed by atoms with Gasteiger partial charge in [-0.05, 0) is 5.21 Å². The molecule has 3 heterocycles. The van der Waals surface area contributed by atoms with E-state index in [0.29, 0.717) is 35.1 Å². The number of H-pyrrole nitrogens is 1. The first-order valence-corrected chi connectivity index (χ1v) is 7.87. The zero-order chi connectivity index (χ0) is 18.3. The van der Waals surface area contributed by atoms with Crippen LogP contribution in [0, 0.1) is 17.9 Å². The molecule has 0 aliphatic heterocycles. The molecule has 3 N–H and O–H groups in total. The Kier molecular flexibility index (Phi) is 3.41. The lowest BCUT2D eigenvalue weighted by Gasteiger charge is -2.40. The molecule has 10 nitrogen and oxygen atoms in total. The van der Waals surface area contributed by atoms with E-state index in [0.717, 1.165) is 0 Å². The van der Waals surface area contributed by atoms with Gasteiger partial charge in [-0.2, -0.15) is 10.4 Å². The molecular formula is C16H13N9O. The SMILES string of the molecule is [C-]#[N+]C1CC(CC#N)(n2cc(-c3nnnc4[nH]cc(C(N)=O)c34)cn2)C1. The van der Waals surface area contributed by atoms with Crippen LogP contribution < -0.4 is 5.73 Å². The van der Waals surface area contributed by atoms with Crippen molar-refractivity contribution in [2.75, 3.05) is 0 Å². The zero-order valence-electron chi connectivity index (χ0n) is 13.5. The molecule has 1 aliphatic rings. The van der Waals surface area contributed by atoms with Gasteiger partial charge in [0.05, 0.1) is 35.2 Å². The highest BCUT2D eigenvalue weighted by atomic mass is 16.1. The van der Waals surface area contributed by atoms with Gasteiger partial charge in [-0.15, -0.1) is 10.2 Å². The van der Waals surface area contributed by atoms with Gasteiger partial charge in [0.25, 0.3) is 5.91 Å². The normalized spacial score (nSPS) is 21.7. The van der Waals surface area contributed by atoms with E-state index in [-0.39, 0.29) is 18.0 Å². The van der Waals surface area contributed by atoms with Crippen LogP contribution in [0.5, 0.6) is 0 Å². The van der Waals surface area contributed by atoms with Crippen LogP contribution in [0.25, 0.3) is 27.1 Å². The number of nitrogens with two attached hydrogens (primary N) is 1. The second-order valence-corrected chi connectivity index (χ2v) is 6.35. The summed E-state index contributed by atoms with van der Waals surface area (Å²) in [4.78, 5) is 18.1. The summed E-state index contributed by atoms with van der Waals surface area (Å²) in [5, 5.41) is 25.7. The van der Waals surface area contributed by atoms with Crippen molar-refractivity contribution < 1.29 is 4.79 Å². The highest BCUT2D eigenvalue weighted by Gasteiger charge is 2.50. The van der Waals surface area contributed by atoms with Crippen LogP contribution in [0.2, 0.25) is 0 Å². The Morgan fingerprint density at radius 3 is 3.04 bits per heavy atom. The van der Waals surface area contributed by atoms with Crippen LogP contribution >= 0.6 is 0 Å². The number of nitriles is 1. The van der Waals surface area contributed by atoms with E-state index in [9.17, 15) is 4.79 Å². The summed E-state index contributed by atoms with van der Waals surface area (Å²) in [6.07, 6.45) is 6.28. The molecule has 128 valence electrons. The molecule has 0 radical (unpaired) electrons. The molecule has 0 aromatic carbocycles. The van der Waals surface area contributed by atoms with Crippen LogP contribution in [0.15, 0.2) is 18.6 Å². The lowest BCUT2D eigenvalue weighted by atomic mass is 9.71. The van der Waals surface area contributed by atoms with Gasteiger partial charge in [-0.1, -0.05) is 0 Å². The molecule has 0 saturated heterocycles. The molecule has 0 spiro atoms. The summed E-state index contributed by atoms with van der Waals surface area (Å²) in [6, 6.07) is 2.10. The van der Waals surface area contributed by atoms with Gasteiger partial charge in [-0.3, -0.25) is 9.48 Å². The fraction of sp³-hybridized carbons (Fsp3) is 0.312. The number of hydrogen-bond donors (Lipinski definition) is 2. The number of primary amides is 1. The number of aromatic nitrogens is 6. The highest BCUT2D eigenvalue weighted by molar-refractivity contribution is 6.09. The fourth-order valence-electron chi connectivity index (χ4n) is 3.46. The van der Waals surface area contributed by atoms with Crippen molar-refractivity contribution in [3.8, 4) is 17.3 Å². The first-order valence-electron chi connectivity index (χ1n) is 7.87. The maximum Gasteiger partial charge on any atom is 0.251 e. The molecule has 3 aromatic heterocycles. The number of carbonyl (C=O) groups excluding carboxylic acids is 1. The van der Waals surface area contributed by atoms with Crippen LogP contribution in [0.4, 0.5) is 0 Å². The Balaban J connectivity index is 1.79. The standard InChI is InChI=1S/C16H13N9O/c1-19-10-4-16(5-10,2-3-17)25-8-9(6-21-25)13-12-11(14(18)26)7-20-15(12)23-24-22-13/h6-8,10H,2,4-5H2,(H2,18,26)(H,20,22,23). The summed E-state index contributed by atoms with van der Waals surface area (Å²) in [6.45, 7) is 7.15. The van der Waals surface area contributed by atoms with Crippen LogP contribution in [0.1, 0.15) is 29.6 Å². The van der Waals surface area contributed by atoms with Gasteiger partial charge in [0, 0.05) is 30.8 Å². The highest BCUT2D eigenvalue weighted by Crippen LogP contribution is 2.44. The number of nitrogens with zero attached hydrogens (tertiary/aromatic N) is 7. The molecule has 1 amide bonds. The second-order valence-electron chi connectivity index (χ2n) is 6.35. The van der Waals surface area contributed by atoms with Crippen molar-refractivity contribution in [2.24, 2.45) is 5.73 Å². The Labute approximate surface area is 147 Å². The van der Waals surface area contributed by atoms with Crippen molar-refractivity contribution in [1.82, 2.24) is 30.2 Å². The molecule has 26 heavy (non-hydrogen) atoms. The Hall–Kier alpha value is -3.79. The summed E-state index contributed by atoms with van der Waals surface area (Å²) < 4.78 is 1.72. The minimum Gasteiger partial charge on any atom is -0.366 e. The van der Waals surface area contributed by atoms with Gasteiger partial charge in [0.2, 0.25) is 6.04 Å². The van der Waals surface area contributed by atoms with E-state index in [1.165, 1.54) is 6.20 Å². The first kappa shape index (κ1) is 15.7. The number of amides is 1. The molecule has 3 aromatic rings. The monoisotopic (exact) mass is 347 g/mol. The molecule has 1 saturated carbocycles. The molecule has 4 rings (SSSR count). The van der Waals surface area contributed by atoms with Gasteiger partial charge in [0.15, 0.2) is 5.65 Å². The van der Waals surface area contributed by atoms with Gasteiger partial charge >= 0.3 is 0 Å². The molecule has 0 bridgehead atoms. The van der Waals surface area contributed by atoms with Crippen LogP contribution in [0.3, 0.4) is 0 Å². The minimum absolute atomic E-state index is 0.0884. The van der Waals surface area contributed by atoms with E-state index in [1.807, 2.05) is 0 Å². The van der Waals surface area contributed by atoms with Gasteiger partial charge in [-0.25, -0.2) is 6.57 Å². The largest absolute Gasteiger partial charge is 0.366 e. The third-order valence-electron chi connectivity index (χ3n) is 4.81. The topological polar surface area (TPSA) is 144 Å². The van der Waals surface area contributed by atoms with E-state index >= 15 is 0 Å². The molecule has 0 unspecified atom stereocenters. The van der Waals surface area contributed by atoms with Crippen molar-refractivity contribution in [3.63, 3.8) is 0 Å². The molecule has 1 aliphatic carbocycles. The summed E-state index contributed by atoms with van der Waals surface area (Å²) >= 11 is 0. The summed E-state index contributed by atoms with van der Waals surface area (Å²) in [5.41, 5.74) is 6.69. The first-order chi connectivity index (χ1) is 12.6. The summed E-state index contributed by atoms with van der Waals surface area (Å²) in [5.74, 6) is -0.598. The predicted octanol–water partition coefficient (Wildman–Crippen LogP) is 1.01. The molecule has 10 heteroatoms. The average molecular weight is 347 g/mol. The molecule has 1 fully saturated rings. The van der Waals surface area contributed by atoms with Crippen LogP contribution in [-0.2, 0) is 5.54 Å². The van der Waals surface area contributed by atoms with Gasteiger partial charge < -0.3 is 15.6 Å². The lowest BCUT2D eigenvalue weighted by molar-refractivity contribution is 0.100. The van der Waals surface area contributed by atoms with Crippen molar-refractivity contribution in [1.29, 1.82) is 5.26 Å². The smallest absolute Gasteiger partial charge is 0.251 e. The number of carbonyl (C=O) groups is 1. The van der Waals surface area contributed by atoms with E-state index in [1.54, 1.807) is 17.1 Å². The quantitative estimate of drug-likeness (QED) is 0.674. The number of aromatic amines is 1. The van der Waals surface area contributed by atoms with Crippen molar-refractivity contribution >= 4 is 16.9 Å². The predicted molar refractivity (Wildman–Crippen MR) is 89.3 cm³/mol.